The van der Waals surface area contributed by atoms with Gasteiger partial charge in [-0.15, -0.1) is 11.3 Å². The third-order valence-electron chi connectivity index (χ3n) is 13.9. The zero-order valence-corrected chi connectivity index (χ0v) is 38.1. The van der Waals surface area contributed by atoms with Crippen molar-refractivity contribution in [3.63, 3.8) is 0 Å². The highest BCUT2D eigenvalue weighted by Crippen LogP contribution is 2.45. The second-order valence-electron chi connectivity index (χ2n) is 17.9. The van der Waals surface area contributed by atoms with Crippen LogP contribution >= 0.6 is 11.3 Å². The van der Waals surface area contributed by atoms with E-state index in [0.29, 0.717) is 17.5 Å². The summed E-state index contributed by atoms with van der Waals surface area (Å²) < 4.78 is 18.0. The predicted octanol–water partition coefficient (Wildman–Crippen LogP) is 17.5. The highest BCUT2D eigenvalue weighted by molar-refractivity contribution is 7.26. The minimum Gasteiger partial charge on any atom is -0.456 e. The Hall–Kier alpha value is -9.17. The molecule has 70 heavy (non-hydrogen) atoms. The van der Waals surface area contributed by atoms with Crippen LogP contribution < -0.4 is 0 Å². The Balaban J connectivity index is 0.858. The first kappa shape index (κ1) is 38.9. The molecule has 0 bridgehead atoms. The molecule has 6 nitrogen and oxygen atoms in total. The highest BCUT2D eigenvalue weighted by Gasteiger charge is 2.22. The van der Waals surface area contributed by atoms with Crippen LogP contribution in [0.3, 0.4) is 0 Å². The lowest BCUT2D eigenvalue weighted by Gasteiger charge is -2.09. The molecule has 5 aromatic heterocycles. The quantitative estimate of drug-likeness (QED) is 0.166. The predicted molar refractivity (Wildman–Crippen MR) is 289 cm³/mol. The summed E-state index contributed by atoms with van der Waals surface area (Å²) in [6.45, 7) is 0. The molecule has 15 aromatic rings. The lowest BCUT2D eigenvalue weighted by atomic mass is 9.98. The monoisotopic (exact) mass is 912 g/mol. The number of nitrogens with zero attached hydrogens (tertiary/aromatic N) is 4. The number of rotatable bonds is 6. The van der Waals surface area contributed by atoms with Crippen LogP contribution in [0.25, 0.3) is 148 Å². The Morgan fingerprint density at radius 2 is 0.943 bits per heavy atom. The summed E-state index contributed by atoms with van der Waals surface area (Å²) in [5, 5.41) is 9.00. The van der Waals surface area contributed by atoms with Crippen molar-refractivity contribution in [2.24, 2.45) is 0 Å². The van der Waals surface area contributed by atoms with Gasteiger partial charge in [0.25, 0.3) is 0 Å². The van der Waals surface area contributed by atoms with E-state index in [-0.39, 0.29) is 0 Å². The molecule has 0 amide bonds. The van der Waals surface area contributed by atoms with Crippen LogP contribution in [0.5, 0.6) is 0 Å². The molecule has 0 saturated heterocycles. The van der Waals surface area contributed by atoms with Gasteiger partial charge in [-0.25, -0.2) is 15.0 Å². The van der Waals surface area contributed by atoms with Crippen molar-refractivity contribution < 1.29 is 8.83 Å². The van der Waals surface area contributed by atoms with Crippen LogP contribution in [0.2, 0.25) is 0 Å². The zero-order valence-electron chi connectivity index (χ0n) is 37.3. The van der Waals surface area contributed by atoms with Gasteiger partial charge in [-0.2, -0.15) is 0 Å². The fraction of sp³-hybridized carbons (Fsp3) is 0. The first-order chi connectivity index (χ1) is 34.7. The SMILES string of the molecule is c1ccc(-c2nc(-c3cccc4c3oc3ccccc34)nc(-c3cccc4oc5ccc(-c6ccc7sc8c(-c9ccc%10c(c9)c9ccccc9n%10-c9ccccc9)cccc8c7c6)cc5c34)n2)cc1. The van der Waals surface area contributed by atoms with Gasteiger partial charge in [0, 0.05) is 69.3 Å². The van der Waals surface area contributed by atoms with Crippen molar-refractivity contribution in [3.8, 4) is 62.1 Å². The van der Waals surface area contributed by atoms with Gasteiger partial charge in [-0.3, -0.25) is 0 Å². The van der Waals surface area contributed by atoms with Crippen LogP contribution in [0, 0.1) is 0 Å². The number of para-hydroxylation sites is 4. The fourth-order valence-electron chi connectivity index (χ4n) is 10.7. The van der Waals surface area contributed by atoms with E-state index in [9.17, 15) is 0 Å². The lowest BCUT2D eigenvalue weighted by Crippen LogP contribution is -2.00. The van der Waals surface area contributed by atoms with Crippen molar-refractivity contribution in [3.05, 3.63) is 218 Å². The molecule has 0 atom stereocenters. The third kappa shape index (κ3) is 5.95. The van der Waals surface area contributed by atoms with Crippen molar-refractivity contribution in [1.82, 2.24) is 19.5 Å². The van der Waals surface area contributed by atoms with E-state index in [4.69, 9.17) is 23.8 Å². The molecule has 326 valence electrons. The molecule has 0 N–H and O–H groups in total. The highest BCUT2D eigenvalue weighted by atomic mass is 32.1. The van der Waals surface area contributed by atoms with Gasteiger partial charge >= 0.3 is 0 Å². The van der Waals surface area contributed by atoms with Gasteiger partial charge in [0.2, 0.25) is 0 Å². The van der Waals surface area contributed by atoms with Crippen molar-refractivity contribution in [2.75, 3.05) is 0 Å². The Bertz CT molecular complexity index is 4600. The summed E-state index contributed by atoms with van der Waals surface area (Å²) in [4.78, 5) is 15.5. The van der Waals surface area contributed by atoms with Gasteiger partial charge in [-0.05, 0) is 95.1 Å². The Kier molecular flexibility index (Phi) is 8.43. The first-order valence-corrected chi connectivity index (χ1v) is 24.2. The third-order valence-corrected chi connectivity index (χ3v) is 15.1. The number of furan rings is 2. The second kappa shape index (κ2) is 15.2. The molecule has 0 aliphatic heterocycles. The van der Waals surface area contributed by atoms with E-state index in [1.807, 2.05) is 84.1 Å². The molecular weight excluding hydrogens is 877 g/mol. The summed E-state index contributed by atoms with van der Waals surface area (Å²) in [7, 11) is 0. The molecule has 7 heteroatoms. The van der Waals surface area contributed by atoms with Crippen LogP contribution in [0.1, 0.15) is 0 Å². The number of fused-ring (bicyclic) bond motifs is 12. The standard InChI is InChI=1S/C63H36N4O2S/c1-3-14-37(15-4-1)61-64-62(66-63(65-61)48-24-12-21-45-44-19-8-10-26-54(44)69-59(45)48)47-23-13-27-56-58(47)51-35-38(29-32-55(51)68-56)39-30-33-57-50(34-39)46-22-11-20-42(60(46)70-57)40-28-31-53-49(36-40)43-18-7-9-25-52(43)67(53)41-16-5-2-6-17-41/h1-36H. The molecular formula is C63H36N4O2S. The Morgan fingerprint density at radius 3 is 1.81 bits per heavy atom. The topological polar surface area (TPSA) is 69.9 Å². The maximum absolute atomic E-state index is 6.59. The van der Waals surface area contributed by atoms with E-state index >= 15 is 0 Å². The normalized spacial score (nSPS) is 12.0. The summed E-state index contributed by atoms with van der Waals surface area (Å²) in [5.41, 5.74) is 13.9. The zero-order chi connectivity index (χ0) is 45.9. The maximum atomic E-state index is 6.59. The molecule has 0 aliphatic carbocycles. The van der Waals surface area contributed by atoms with Crippen LogP contribution in [0.4, 0.5) is 0 Å². The van der Waals surface area contributed by atoms with E-state index in [0.717, 1.165) is 77.4 Å². The molecule has 0 radical (unpaired) electrons. The number of hydrogen-bond donors (Lipinski definition) is 0. The molecule has 15 rings (SSSR count). The van der Waals surface area contributed by atoms with Gasteiger partial charge in [0.15, 0.2) is 17.5 Å². The summed E-state index contributed by atoms with van der Waals surface area (Å²) in [5.74, 6) is 1.67. The number of hydrogen-bond acceptors (Lipinski definition) is 6. The number of benzene rings is 10. The van der Waals surface area contributed by atoms with Gasteiger partial charge in [-0.1, -0.05) is 146 Å². The second-order valence-corrected chi connectivity index (χ2v) is 18.9. The van der Waals surface area contributed by atoms with Gasteiger partial charge in [0.05, 0.1) is 16.6 Å². The molecule has 0 unspecified atom stereocenters. The molecule has 0 aliphatic rings. The van der Waals surface area contributed by atoms with Crippen molar-refractivity contribution >= 4 is 97.2 Å². The molecule has 10 aromatic carbocycles. The van der Waals surface area contributed by atoms with Crippen LogP contribution in [-0.2, 0) is 0 Å². The van der Waals surface area contributed by atoms with Crippen molar-refractivity contribution in [1.29, 1.82) is 0 Å². The van der Waals surface area contributed by atoms with Crippen LogP contribution in [-0.4, -0.2) is 19.5 Å². The molecule has 0 saturated carbocycles. The van der Waals surface area contributed by atoms with Gasteiger partial charge < -0.3 is 13.4 Å². The Morgan fingerprint density at radius 1 is 0.343 bits per heavy atom. The summed E-state index contributed by atoms with van der Waals surface area (Å²) >= 11 is 1.86. The average Bonchev–Trinajstić information content (AvgIpc) is 4.20. The summed E-state index contributed by atoms with van der Waals surface area (Å²) in [6.07, 6.45) is 0. The lowest BCUT2D eigenvalue weighted by molar-refractivity contribution is 0.668. The smallest absolute Gasteiger partial charge is 0.167 e. The fourth-order valence-corrected chi connectivity index (χ4v) is 11.9. The maximum Gasteiger partial charge on any atom is 0.167 e. The van der Waals surface area contributed by atoms with E-state index < -0.39 is 0 Å². The molecule has 0 spiro atoms. The molecule has 5 heterocycles. The van der Waals surface area contributed by atoms with E-state index in [2.05, 4.69) is 150 Å². The minimum atomic E-state index is 0.537. The summed E-state index contributed by atoms with van der Waals surface area (Å²) in [6, 6.07) is 76.9. The average molecular weight is 913 g/mol. The van der Waals surface area contributed by atoms with E-state index in [1.165, 1.54) is 53.1 Å². The first-order valence-electron chi connectivity index (χ1n) is 23.4. The molecule has 0 fully saturated rings. The van der Waals surface area contributed by atoms with Crippen molar-refractivity contribution in [2.45, 2.75) is 0 Å². The number of thiophene rings is 1. The van der Waals surface area contributed by atoms with Gasteiger partial charge in [0.1, 0.15) is 22.3 Å². The minimum absolute atomic E-state index is 0.537. The van der Waals surface area contributed by atoms with Crippen LogP contribution in [0.15, 0.2) is 227 Å². The largest absolute Gasteiger partial charge is 0.456 e. The van der Waals surface area contributed by atoms with E-state index in [1.54, 1.807) is 0 Å². The number of aromatic nitrogens is 4. The Labute approximate surface area is 404 Å².